The van der Waals surface area contributed by atoms with Crippen LogP contribution in [0.2, 0.25) is 0 Å². The van der Waals surface area contributed by atoms with Gasteiger partial charge in [0, 0.05) is 12.6 Å². The van der Waals surface area contributed by atoms with Crippen LogP contribution in [0.5, 0.6) is 0 Å². The molecule has 0 aliphatic rings. The highest BCUT2D eigenvalue weighted by Crippen LogP contribution is 2.32. The molecule has 1 aromatic carbocycles. The van der Waals surface area contributed by atoms with Crippen molar-refractivity contribution in [3.8, 4) is 0 Å². The molecular formula is C15H15NO2. The molecule has 18 heavy (non-hydrogen) atoms. The molecule has 92 valence electrons. The number of pyridine rings is 1. The minimum absolute atomic E-state index is 0.294. The van der Waals surface area contributed by atoms with E-state index >= 15 is 0 Å². The summed E-state index contributed by atoms with van der Waals surface area (Å²) in [4.78, 5) is 14.8. The van der Waals surface area contributed by atoms with E-state index in [1.807, 2.05) is 36.4 Å². The van der Waals surface area contributed by atoms with E-state index in [9.17, 15) is 9.90 Å². The maximum absolute atomic E-state index is 10.9. The van der Waals surface area contributed by atoms with E-state index in [0.717, 1.165) is 11.8 Å². The second kappa shape index (κ2) is 5.56. The fourth-order valence-corrected chi connectivity index (χ4v) is 2.01. The molecule has 1 heterocycles. The number of carbonyl (C=O) groups excluding carboxylic acids is 1. The second-order valence-corrected chi connectivity index (χ2v) is 4.15. The Morgan fingerprint density at radius 3 is 2.44 bits per heavy atom. The molecule has 2 rings (SSSR count). The number of carbonyl (C=O) groups is 1. The van der Waals surface area contributed by atoms with Gasteiger partial charge in [-0.2, -0.15) is 0 Å². The molecule has 0 fully saturated rings. The molecule has 1 atom stereocenters. The molecule has 0 saturated carbocycles. The van der Waals surface area contributed by atoms with E-state index in [1.165, 1.54) is 0 Å². The summed E-state index contributed by atoms with van der Waals surface area (Å²) in [5, 5.41) is 10.9. The van der Waals surface area contributed by atoms with Crippen LogP contribution in [-0.2, 0) is 10.4 Å². The van der Waals surface area contributed by atoms with Crippen molar-refractivity contribution in [3.63, 3.8) is 0 Å². The van der Waals surface area contributed by atoms with Crippen LogP contribution in [0.3, 0.4) is 0 Å². The van der Waals surface area contributed by atoms with Crippen LogP contribution in [0.15, 0.2) is 54.7 Å². The number of hydrogen-bond donors (Lipinski definition) is 1. The van der Waals surface area contributed by atoms with Gasteiger partial charge in [-0.3, -0.25) is 4.98 Å². The number of aliphatic hydroxyl groups is 1. The molecule has 3 nitrogen and oxygen atoms in total. The van der Waals surface area contributed by atoms with Crippen molar-refractivity contribution < 1.29 is 9.90 Å². The van der Waals surface area contributed by atoms with Gasteiger partial charge in [0.05, 0.1) is 5.69 Å². The highest BCUT2D eigenvalue weighted by atomic mass is 16.3. The monoisotopic (exact) mass is 241 g/mol. The first-order chi connectivity index (χ1) is 8.77. The Bertz CT molecular complexity index is 457. The first-order valence-electron chi connectivity index (χ1n) is 5.90. The van der Waals surface area contributed by atoms with Gasteiger partial charge >= 0.3 is 0 Å². The summed E-state index contributed by atoms with van der Waals surface area (Å²) in [6.45, 7) is 0. The van der Waals surface area contributed by atoms with Gasteiger partial charge in [-0.1, -0.05) is 36.4 Å². The van der Waals surface area contributed by atoms with Crippen molar-refractivity contribution in [3.05, 3.63) is 66.0 Å². The summed E-state index contributed by atoms with van der Waals surface area (Å²) >= 11 is 0. The van der Waals surface area contributed by atoms with Crippen LogP contribution in [0.4, 0.5) is 0 Å². The van der Waals surface area contributed by atoms with Crippen LogP contribution in [0.1, 0.15) is 24.1 Å². The minimum atomic E-state index is -1.20. The van der Waals surface area contributed by atoms with E-state index in [4.69, 9.17) is 0 Å². The molecule has 0 amide bonds. The van der Waals surface area contributed by atoms with Gasteiger partial charge in [0.15, 0.2) is 0 Å². The first kappa shape index (κ1) is 12.5. The lowest BCUT2D eigenvalue weighted by molar-refractivity contribution is -0.108. The predicted molar refractivity (Wildman–Crippen MR) is 69.0 cm³/mol. The van der Waals surface area contributed by atoms with Crippen LogP contribution < -0.4 is 0 Å². The summed E-state index contributed by atoms with van der Waals surface area (Å²) in [5.41, 5.74) is 0.118. The lowest BCUT2D eigenvalue weighted by Gasteiger charge is -2.27. The van der Waals surface area contributed by atoms with E-state index in [2.05, 4.69) is 4.98 Å². The van der Waals surface area contributed by atoms with E-state index < -0.39 is 5.60 Å². The zero-order valence-corrected chi connectivity index (χ0v) is 9.99. The number of aldehydes is 1. The van der Waals surface area contributed by atoms with Crippen molar-refractivity contribution in [2.45, 2.75) is 18.4 Å². The quantitative estimate of drug-likeness (QED) is 0.817. The Morgan fingerprint density at radius 1 is 1.11 bits per heavy atom. The second-order valence-electron chi connectivity index (χ2n) is 4.15. The fourth-order valence-electron chi connectivity index (χ4n) is 2.01. The Labute approximate surface area is 106 Å². The number of rotatable bonds is 5. The molecule has 1 aromatic heterocycles. The van der Waals surface area contributed by atoms with Gasteiger partial charge in [0.2, 0.25) is 0 Å². The molecule has 0 bridgehead atoms. The maximum atomic E-state index is 10.9. The van der Waals surface area contributed by atoms with Crippen molar-refractivity contribution in [2.75, 3.05) is 0 Å². The summed E-state index contributed by atoms with van der Waals surface area (Å²) < 4.78 is 0. The van der Waals surface area contributed by atoms with Crippen molar-refractivity contribution in [1.82, 2.24) is 4.98 Å². The molecule has 1 N–H and O–H groups in total. The Morgan fingerprint density at radius 2 is 1.83 bits per heavy atom. The molecule has 3 heteroatoms. The zero-order valence-electron chi connectivity index (χ0n) is 9.99. The fraction of sp³-hybridized carbons (Fsp3) is 0.200. The Balaban J connectivity index is 2.44. The van der Waals surface area contributed by atoms with Crippen molar-refractivity contribution in [2.24, 2.45) is 0 Å². The molecule has 0 spiro atoms. The Hall–Kier alpha value is -2.00. The topological polar surface area (TPSA) is 50.2 Å². The summed E-state index contributed by atoms with van der Waals surface area (Å²) in [7, 11) is 0. The van der Waals surface area contributed by atoms with Crippen LogP contribution in [-0.4, -0.2) is 16.4 Å². The van der Waals surface area contributed by atoms with Gasteiger partial charge in [-0.25, -0.2) is 0 Å². The summed E-state index contributed by atoms with van der Waals surface area (Å²) in [5.74, 6) is 0. The third-order valence-corrected chi connectivity index (χ3v) is 2.96. The lowest BCUT2D eigenvalue weighted by Crippen LogP contribution is -2.28. The highest BCUT2D eigenvalue weighted by Gasteiger charge is 2.32. The molecule has 0 aliphatic carbocycles. The number of aromatic nitrogens is 1. The SMILES string of the molecule is O=CCCC(O)(c1ccccc1)c1ccccn1. The zero-order chi connectivity index (χ0) is 12.8. The van der Waals surface area contributed by atoms with Gasteiger partial charge in [-0.05, 0) is 24.1 Å². The lowest BCUT2D eigenvalue weighted by atomic mass is 9.86. The number of hydrogen-bond acceptors (Lipinski definition) is 3. The molecule has 2 aromatic rings. The van der Waals surface area contributed by atoms with Gasteiger partial charge in [0.1, 0.15) is 11.9 Å². The van der Waals surface area contributed by atoms with E-state index in [1.54, 1.807) is 18.3 Å². The first-order valence-corrected chi connectivity index (χ1v) is 5.90. The van der Waals surface area contributed by atoms with Crippen molar-refractivity contribution >= 4 is 6.29 Å². The number of nitrogens with zero attached hydrogens (tertiary/aromatic N) is 1. The average molecular weight is 241 g/mol. The summed E-state index contributed by atoms with van der Waals surface area (Å²) in [6.07, 6.45) is 3.08. The molecule has 0 radical (unpaired) electrons. The van der Waals surface area contributed by atoms with Gasteiger partial charge in [-0.15, -0.1) is 0 Å². The average Bonchev–Trinajstić information content (AvgIpc) is 2.46. The van der Waals surface area contributed by atoms with Gasteiger partial charge in [0.25, 0.3) is 0 Å². The minimum Gasteiger partial charge on any atom is -0.379 e. The van der Waals surface area contributed by atoms with Crippen molar-refractivity contribution in [1.29, 1.82) is 0 Å². The van der Waals surface area contributed by atoms with Crippen LogP contribution in [0, 0.1) is 0 Å². The third-order valence-electron chi connectivity index (χ3n) is 2.96. The molecule has 1 unspecified atom stereocenters. The molecule has 0 aliphatic heterocycles. The van der Waals surface area contributed by atoms with Crippen LogP contribution in [0.25, 0.3) is 0 Å². The van der Waals surface area contributed by atoms with Gasteiger partial charge < -0.3 is 9.90 Å². The smallest absolute Gasteiger partial charge is 0.132 e. The van der Waals surface area contributed by atoms with Crippen LogP contribution >= 0.6 is 0 Å². The normalized spacial score (nSPS) is 13.8. The predicted octanol–water partition coefficient (Wildman–Crippen LogP) is 2.30. The Kier molecular flexibility index (Phi) is 3.85. The molecule has 0 saturated heterocycles. The van der Waals surface area contributed by atoms with E-state index in [0.29, 0.717) is 18.5 Å². The largest absolute Gasteiger partial charge is 0.379 e. The standard InChI is InChI=1S/C15H15NO2/c17-12-6-10-15(18,13-7-2-1-3-8-13)14-9-4-5-11-16-14/h1-5,7-9,11-12,18H,6,10H2. The van der Waals surface area contributed by atoms with E-state index in [-0.39, 0.29) is 0 Å². The summed E-state index contributed by atoms with van der Waals surface area (Å²) in [6, 6.07) is 14.7. The number of benzene rings is 1. The maximum Gasteiger partial charge on any atom is 0.132 e. The highest BCUT2D eigenvalue weighted by molar-refractivity contribution is 5.50. The third kappa shape index (κ3) is 2.46. The molecular weight excluding hydrogens is 226 g/mol.